The van der Waals surface area contributed by atoms with Crippen molar-refractivity contribution < 1.29 is 4.74 Å². The molecule has 1 nitrogen and oxygen atoms in total. The van der Waals surface area contributed by atoms with E-state index in [2.05, 4.69) is 61.8 Å². The molecular formula is C15H23BrO. The Morgan fingerprint density at radius 3 is 2.47 bits per heavy atom. The van der Waals surface area contributed by atoms with Crippen molar-refractivity contribution in [2.24, 2.45) is 5.92 Å². The summed E-state index contributed by atoms with van der Waals surface area (Å²) in [6, 6.07) is 6.42. The molecule has 96 valence electrons. The highest BCUT2D eigenvalue weighted by Gasteiger charge is 2.07. The van der Waals surface area contributed by atoms with Crippen LogP contribution in [0.5, 0.6) is 5.75 Å². The van der Waals surface area contributed by atoms with Gasteiger partial charge in [-0.15, -0.1) is 0 Å². The first kappa shape index (κ1) is 14.6. The Bertz CT molecular complexity index is 343. The number of benzene rings is 1. The number of ether oxygens (including phenoxy) is 1. The van der Waals surface area contributed by atoms with Gasteiger partial charge in [0.25, 0.3) is 0 Å². The normalized spacial score (nSPS) is 12.8. The second-order valence-corrected chi connectivity index (χ2v) is 5.56. The highest BCUT2D eigenvalue weighted by molar-refractivity contribution is 9.09. The summed E-state index contributed by atoms with van der Waals surface area (Å²) in [4.78, 5) is 0. The van der Waals surface area contributed by atoms with E-state index in [1.807, 2.05) is 0 Å². The molecule has 0 aliphatic heterocycles. The third-order valence-electron chi connectivity index (χ3n) is 3.14. The third kappa shape index (κ3) is 4.34. The Hall–Kier alpha value is -0.500. The fraction of sp³-hybridized carbons (Fsp3) is 0.600. The molecule has 1 aromatic carbocycles. The predicted molar refractivity (Wildman–Crippen MR) is 78.3 cm³/mol. The molecule has 0 saturated heterocycles. The first-order valence-electron chi connectivity index (χ1n) is 6.37. The summed E-state index contributed by atoms with van der Waals surface area (Å²) in [7, 11) is 0. The first-order chi connectivity index (χ1) is 8.08. The zero-order valence-electron chi connectivity index (χ0n) is 11.3. The zero-order valence-corrected chi connectivity index (χ0v) is 12.9. The molecule has 0 amide bonds. The van der Waals surface area contributed by atoms with E-state index in [-0.39, 0.29) is 0 Å². The van der Waals surface area contributed by atoms with Crippen molar-refractivity contribution in [3.63, 3.8) is 0 Å². The summed E-state index contributed by atoms with van der Waals surface area (Å²) in [6.45, 7) is 9.59. The van der Waals surface area contributed by atoms with Gasteiger partial charge >= 0.3 is 0 Å². The molecule has 1 unspecified atom stereocenters. The molecule has 0 spiro atoms. The first-order valence-corrected chi connectivity index (χ1v) is 7.49. The van der Waals surface area contributed by atoms with E-state index in [9.17, 15) is 0 Å². The van der Waals surface area contributed by atoms with Gasteiger partial charge in [0.1, 0.15) is 5.75 Å². The monoisotopic (exact) mass is 298 g/mol. The Morgan fingerprint density at radius 2 is 2.00 bits per heavy atom. The molecule has 0 aliphatic carbocycles. The minimum atomic E-state index is 0.579. The van der Waals surface area contributed by atoms with Crippen LogP contribution >= 0.6 is 15.9 Å². The van der Waals surface area contributed by atoms with Gasteiger partial charge in [0.15, 0.2) is 0 Å². The van der Waals surface area contributed by atoms with Crippen LogP contribution in [0.3, 0.4) is 0 Å². The van der Waals surface area contributed by atoms with E-state index in [1.165, 1.54) is 11.1 Å². The van der Waals surface area contributed by atoms with E-state index < -0.39 is 0 Å². The molecule has 0 heterocycles. The standard InChI is InChI=1S/C15H23BrO/c1-5-13(9-16)10-17-14-6-7-15(11(2)3)12(4)8-14/h6-8,11,13H,5,9-10H2,1-4H3. The molecule has 0 aliphatic rings. The van der Waals surface area contributed by atoms with Gasteiger partial charge in [-0.05, 0) is 42.5 Å². The molecule has 0 fully saturated rings. The summed E-state index contributed by atoms with van der Waals surface area (Å²) in [6.07, 6.45) is 1.15. The lowest BCUT2D eigenvalue weighted by molar-refractivity contribution is 0.260. The lowest BCUT2D eigenvalue weighted by atomic mass is 9.98. The molecule has 0 bridgehead atoms. The SMILES string of the molecule is CCC(CBr)COc1ccc(C(C)C)c(C)c1. The van der Waals surface area contributed by atoms with Crippen LogP contribution in [0.4, 0.5) is 0 Å². The Labute approximate surface area is 114 Å². The summed E-state index contributed by atoms with van der Waals surface area (Å²) in [5.41, 5.74) is 2.73. The molecule has 0 radical (unpaired) electrons. The van der Waals surface area contributed by atoms with Crippen molar-refractivity contribution in [2.45, 2.75) is 40.0 Å². The molecule has 1 aromatic rings. The van der Waals surface area contributed by atoms with E-state index in [4.69, 9.17) is 4.74 Å². The van der Waals surface area contributed by atoms with Crippen LogP contribution in [0.15, 0.2) is 18.2 Å². The van der Waals surface area contributed by atoms with Crippen LogP contribution in [0.2, 0.25) is 0 Å². The minimum Gasteiger partial charge on any atom is -0.493 e. The van der Waals surface area contributed by atoms with Gasteiger partial charge in [0.05, 0.1) is 6.61 Å². The van der Waals surface area contributed by atoms with Gasteiger partial charge in [0, 0.05) is 11.2 Å². The molecule has 0 saturated carbocycles. The van der Waals surface area contributed by atoms with Crippen LogP contribution < -0.4 is 4.74 Å². The van der Waals surface area contributed by atoms with Gasteiger partial charge in [-0.3, -0.25) is 0 Å². The molecule has 1 rings (SSSR count). The lowest BCUT2D eigenvalue weighted by Crippen LogP contribution is -2.12. The van der Waals surface area contributed by atoms with Gasteiger partial charge in [-0.1, -0.05) is 42.8 Å². The van der Waals surface area contributed by atoms with Crippen molar-refractivity contribution in [1.29, 1.82) is 0 Å². The van der Waals surface area contributed by atoms with Crippen molar-refractivity contribution in [2.75, 3.05) is 11.9 Å². The highest BCUT2D eigenvalue weighted by Crippen LogP contribution is 2.24. The summed E-state index contributed by atoms with van der Waals surface area (Å²) < 4.78 is 5.84. The second kappa shape index (κ2) is 7.05. The Balaban J connectivity index is 2.64. The summed E-state index contributed by atoms with van der Waals surface area (Å²) in [5.74, 6) is 2.17. The van der Waals surface area contributed by atoms with Crippen LogP contribution in [-0.2, 0) is 0 Å². The average molecular weight is 299 g/mol. The van der Waals surface area contributed by atoms with E-state index >= 15 is 0 Å². The quantitative estimate of drug-likeness (QED) is 0.678. The number of alkyl halides is 1. The number of aryl methyl sites for hydroxylation is 1. The van der Waals surface area contributed by atoms with Gasteiger partial charge in [0.2, 0.25) is 0 Å². The van der Waals surface area contributed by atoms with Gasteiger partial charge in [-0.25, -0.2) is 0 Å². The fourth-order valence-electron chi connectivity index (χ4n) is 1.87. The topological polar surface area (TPSA) is 9.23 Å². The predicted octanol–water partition coefficient (Wildman–Crippen LogP) is 4.92. The van der Waals surface area contributed by atoms with Crippen LogP contribution in [-0.4, -0.2) is 11.9 Å². The maximum absolute atomic E-state index is 5.84. The van der Waals surface area contributed by atoms with Crippen molar-refractivity contribution in [3.8, 4) is 5.75 Å². The molecule has 2 heteroatoms. The molecule has 17 heavy (non-hydrogen) atoms. The van der Waals surface area contributed by atoms with Gasteiger partial charge < -0.3 is 4.74 Å². The smallest absolute Gasteiger partial charge is 0.119 e. The van der Waals surface area contributed by atoms with E-state index in [0.717, 1.165) is 24.1 Å². The van der Waals surface area contributed by atoms with Crippen molar-refractivity contribution >= 4 is 15.9 Å². The molecule has 0 N–H and O–H groups in total. The maximum Gasteiger partial charge on any atom is 0.119 e. The molecule has 0 aromatic heterocycles. The Kier molecular flexibility index (Phi) is 6.04. The van der Waals surface area contributed by atoms with E-state index in [0.29, 0.717) is 11.8 Å². The van der Waals surface area contributed by atoms with Crippen LogP contribution in [0, 0.1) is 12.8 Å². The van der Waals surface area contributed by atoms with Crippen molar-refractivity contribution in [3.05, 3.63) is 29.3 Å². The van der Waals surface area contributed by atoms with Gasteiger partial charge in [-0.2, -0.15) is 0 Å². The highest BCUT2D eigenvalue weighted by atomic mass is 79.9. The Morgan fingerprint density at radius 1 is 1.29 bits per heavy atom. The van der Waals surface area contributed by atoms with Crippen molar-refractivity contribution in [1.82, 2.24) is 0 Å². The number of rotatable bonds is 6. The molecular weight excluding hydrogens is 276 g/mol. The zero-order chi connectivity index (χ0) is 12.8. The maximum atomic E-state index is 5.84. The second-order valence-electron chi connectivity index (χ2n) is 4.91. The van der Waals surface area contributed by atoms with E-state index in [1.54, 1.807) is 0 Å². The summed E-state index contributed by atoms with van der Waals surface area (Å²) in [5, 5.41) is 1.01. The number of hydrogen-bond acceptors (Lipinski definition) is 1. The van der Waals surface area contributed by atoms with Crippen LogP contribution in [0.1, 0.15) is 44.2 Å². The minimum absolute atomic E-state index is 0.579. The fourth-order valence-corrected chi connectivity index (χ4v) is 2.52. The molecule has 1 atom stereocenters. The van der Waals surface area contributed by atoms with Crippen LogP contribution in [0.25, 0.3) is 0 Å². The lowest BCUT2D eigenvalue weighted by Gasteiger charge is -2.15. The number of halogens is 1. The summed E-state index contributed by atoms with van der Waals surface area (Å²) >= 11 is 3.51. The average Bonchev–Trinajstić information content (AvgIpc) is 2.30. The largest absolute Gasteiger partial charge is 0.493 e. The third-order valence-corrected chi connectivity index (χ3v) is 4.06. The number of hydrogen-bond donors (Lipinski definition) is 0.